The van der Waals surface area contributed by atoms with Crippen LogP contribution in [0.15, 0.2) is 12.3 Å². The summed E-state index contributed by atoms with van der Waals surface area (Å²) in [5.41, 5.74) is 0. The Morgan fingerprint density at radius 3 is 3.10 bits per heavy atom. The Balaban J connectivity index is 2.29. The molecule has 1 heterocycles. The summed E-state index contributed by atoms with van der Waals surface area (Å²) in [7, 11) is 0. The quantitative estimate of drug-likeness (QED) is 0.434. The average molecular weight is 159 g/mol. The second-order valence-corrected chi connectivity index (χ2v) is 3.02. The van der Waals surface area contributed by atoms with Gasteiger partial charge in [0.05, 0.1) is 10.3 Å². The molecule has 0 N–H and O–H groups in total. The molecule has 0 amide bonds. The van der Waals surface area contributed by atoms with Crippen molar-refractivity contribution in [2.45, 2.75) is 5.37 Å². The van der Waals surface area contributed by atoms with Gasteiger partial charge in [0, 0.05) is 18.4 Å². The molecule has 1 saturated heterocycles. The Bertz CT molecular complexity index is 154. The van der Waals surface area contributed by atoms with E-state index in [9.17, 15) is 10.1 Å². The monoisotopic (exact) mass is 159 g/mol. The molecule has 0 aromatic heterocycles. The van der Waals surface area contributed by atoms with Gasteiger partial charge in [-0.25, -0.2) is 5.32 Å². The van der Waals surface area contributed by atoms with E-state index in [1.165, 1.54) is 6.08 Å². The highest BCUT2D eigenvalue weighted by molar-refractivity contribution is 8.00. The molecule has 1 atom stereocenters. The van der Waals surface area contributed by atoms with Crippen LogP contribution in [0.5, 0.6) is 0 Å². The highest BCUT2D eigenvalue weighted by Gasteiger charge is 2.13. The Hall–Kier alpha value is -0.550. The third kappa shape index (κ3) is 2.36. The van der Waals surface area contributed by atoms with Crippen molar-refractivity contribution in [2.75, 3.05) is 12.3 Å². The molecule has 0 aromatic rings. The van der Waals surface area contributed by atoms with Crippen LogP contribution in [-0.4, -0.2) is 22.6 Å². The lowest BCUT2D eigenvalue weighted by Crippen LogP contribution is -2.08. The molecule has 0 bridgehead atoms. The van der Waals surface area contributed by atoms with Crippen molar-refractivity contribution in [1.82, 2.24) is 5.32 Å². The van der Waals surface area contributed by atoms with Crippen molar-refractivity contribution < 1.29 is 4.92 Å². The van der Waals surface area contributed by atoms with Crippen LogP contribution in [-0.2, 0) is 0 Å². The van der Waals surface area contributed by atoms with Gasteiger partial charge >= 0.3 is 0 Å². The Kier molecular flexibility index (Phi) is 2.70. The standard InChI is InChI=1S/C5H7N2O2S/c8-7(9)3-1-5-6-2-4-10-5/h1,3,5H,2,4H2. The lowest BCUT2D eigenvalue weighted by Gasteiger charge is -1.94. The molecule has 1 aliphatic rings. The van der Waals surface area contributed by atoms with Gasteiger partial charge in [-0.3, -0.25) is 10.1 Å². The third-order valence-electron chi connectivity index (χ3n) is 1.06. The minimum Gasteiger partial charge on any atom is -0.259 e. The van der Waals surface area contributed by atoms with Gasteiger partial charge in [0.15, 0.2) is 0 Å². The summed E-state index contributed by atoms with van der Waals surface area (Å²) in [6.45, 7) is 0.817. The molecule has 4 nitrogen and oxygen atoms in total. The fourth-order valence-corrected chi connectivity index (χ4v) is 1.51. The van der Waals surface area contributed by atoms with E-state index in [1.807, 2.05) is 0 Å². The van der Waals surface area contributed by atoms with E-state index in [4.69, 9.17) is 0 Å². The van der Waals surface area contributed by atoms with Gasteiger partial charge in [-0.1, -0.05) is 0 Å². The van der Waals surface area contributed by atoms with E-state index in [-0.39, 0.29) is 5.37 Å². The van der Waals surface area contributed by atoms with Crippen molar-refractivity contribution in [3.63, 3.8) is 0 Å². The number of hydrogen-bond donors (Lipinski definition) is 0. The van der Waals surface area contributed by atoms with Crippen molar-refractivity contribution in [3.05, 3.63) is 22.4 Å². The molecule has 1 radical (unpaired) electrons. The predicted molar refractivity (Wildman–Crippen MR) is 39.4 cm³/mol. The molecule has 0 aromatic carbocycles. The van der Waals surface area contributed by atoms with Crippen LogP contribution in [0, 0.1) is 10.1 Å². The van der Waals surface area contributed by atoms with Crippen molar-refractivity contribution >= 4 is 11.8 Å². The smallest absolute Gasteiger partial charge is 0.232 e. The van der Waals surface area contributed by atoms with Crippen molar-refractivity contribution in [3.8, 4) is 0 Å². The molecule has 1 fully saturated rings. The molecular formula is C5H7N2O2S. The van der Waals surface area contributed by atoms with Crippen LogP contribution in [0.25, 0.3) is 0 Å². The Morgan fingerprint density at radius 2 is 2.60 bits per heavy atom. The highest BCUT2D eigenvalue weighted by atomic mass is 32.2. The summed E-state index contributed by atoms with van der Waals surface area (Å²) in [5, 5.41) is 13.9. The number of hydrogen-bond acceptors (Lipinski definition) is 3. The Labute approximate surface area is 62.8 Å². The number of rotatable bonds is 2. The van der Waals surface area contributed by atoms with E-state index in [0.29, 0.717) is 0 Å². The maximum Gasteiger partial charge on any atom is 0.232 e. The summed E-state index contributed by atoms with van der Waals surface area (Å²) in [6.07, 6.45) is 2.46. The second kappa shape index (κ2) is 3.58. The third-order valence-corrected chi connectivity index (χ3v) is 2.13. The molecule has 0 aliphatic carbocycles. The SMILES string of the molecule is O=[N+]([O-])C=CC1[N]CCS1. The van der Waals surface area contributed by atoms with E-state index < -0.39 is 4.92 Å². The first kappa shape index (κ1) is 7.56. The van der Waals surface area contributed by atoms with E-state index in [2.05, 4.69) is 5.32 Å². The first-order valence-electron chi connectivity index (χ1n) is 2.89. The fraction of sp³-hybridized carbons (Fsp3) is 0.600. The lowest BCUT2D eigenvalue weighted by molar-refractivity contribution is -0.402. The van der Waals surface area contributed by atoms with Crippen molar-refractivity contribution in [1.29, 1.82) is 0 Å². The zero-order chi connectivity index (χ0) is 7.40. The molecule has 1 rings (SSSR count). The van der Waals surface area contributed by atoms with Gasteiger partial charge in [0.2, 0.25) is 6.20 Å². The van der Waals surface area contributed by atoms with Crippen LogP contribution < -0.4 is 5.32 Å². The Morgan fingerprint density at radius 1 is 1.80 bits per heavy atom. The van der Waals surface area contributed by atoms with Gasteiger partial charge in [-0.05, 0) is 0 Å². The van der Waals surface area contributed by atoms with Crippen LogP contribution in [0.2, 0.25) is 0 Å². The zero-order valence-corrected chi connectivity index (χ0v) is 6.08. The molecule has 0 saturated carbocycles. The summed E-state index contributed by atoms with van der Waals surface area (Å²) in [5.74, 6) is 0.979. The second-order valence-electron chi connectivity index (χ2n) is 1.79. The molecule has 0 spiro atoms. The van der Waals surface area contributed by atoms with E-state index in [1.54, 1.807) is 11.8 Å². The van der Waals surface area contributed by atoms with Gasteiger partial charge < -0.3 is 0 Å². The largest absolute Gasteiger partial charge is 0.259 e. The van der Waals surface area contributed by atoms with Crippen molar-refractivity contribution in [2.24, 2.45) is 0 Å². The molecule has 1 aliphatic heterocycles. The van der Waals surface area contributed by atoms with Crippen LogP contribution in [0.1, 0.15) is 0 Å². The van der Waals surface area contributed by atoms with Crippen LogP contribution in [0.3, 0.4) is 0 Å². The molecule has 5 heteroatoms. The topological polar surface area (TPSA) is 57.2 Å². The first-order valence-corrected chi connectivity index (χ1v) is 3.94. The highest BCUT2D eigenvalue weighted by Crippen LogP contribution is 2.15. The van der Waals surface area contributed by atoms with Gasteiger partial charge in [-0.15, -0.1) is 11.8 Å². The molecule has 10 heavy (non-hydrogen) atoms. The fourth-order valence-electron chi connectivity index (χ4n) is 0.666. The zero-order valence-electron chi connectivity index (χ0n) is 5.27. The molecule has 55 valence electrons. The average Bonchev–Trinajstić information content (AvgIpc) is 2.34. The normalized spacial score (nSPS) is 25.8. The summed E-state index contributed by atoms with van der Waals surface area (Å²) >= 11 is 1.63. The van der Waals surface area contributed by atoms with Gasteiger partial charge in [0.1, 0.15) is 0 Å². The number of thioether (sulfide) groups is 1. The van der Waals surface area contributed by atoms with Crippen LogP contribution >= 0.6 is 11.8 Å². The maximum atomic E-state index is 9.82. The van der Waals surface area contributed by atoms with Gasteiger partial charge in [-0.2, -0.15) is 0 Å². The predicted octanol–water partition coefficient (Wildman–Crippen LogP) is 0.454. The molecule has 1 unspecified atom stereocenters. The number of nitro groups is 1. The molecular weight excluding hydrogens is 152 g/mol. The number of nitrogens with zero attached hydrogens (tertiary/aromatic N) is 2. The minimum absolute atomic E-state index is 0.0189. The van der Waals surface area contributed by atoms with E-state index >= 15 is 0 Å². The van der Waals surface area contributed by atoms with Crippen LogP contribution in [0.4, 0.5) is 0 Å². The lowest BCUT2D eigenvalue weighted by atomic mass is 10.6. The first-order chi connectivity index (χ1) is 4.79. The van der Waals surface area contributed by atoms with Gasteiger partial charge in [0.25, 0.3) is 0 Å². The maximum absolute atomic E-state index is 9.82. The minimum atomic E-state index is -0.464. The van der Waals surface area contributed by atoms with E-state index in [0.717, 1.165) is 18.5 Å². The summed E-state index contributed by atoms with van der Waals surface area (Å²) < 4.78 is 0. The summed E-state index contributed by atoms with van der Waals surface area (Å²) in [4.78, 5) is 9.36. The summed E-state index contributed by atoms with van der Waals surface area (Å²) in [6, 6.07) is 0.